The fourth-order valence-corrected chi connectivity index (χ4v) is 0. The van der Waals surface area contributed by atoms with Gasteiger partial charge in [0.2, 0.25) is 0 Å². The average Bonchev–Trinajstić information content (AvgIpc) is 0. The molecule has 0 N–H and O–H groups in total. The van der Waals surface area contributed by atoms with Gasteiger partial charge in [0.25, 0.3) is 0 Å². The van der Waals surface area contributed by atoms with E-state index in [0.717, 1.165) is 0 Å². The van der Waals surface area contributed by atoms with Gasteiger partial charge in [-0.05, 0) is 0 Å². The molecular weight excluding hydrogens is 164 g/mol. The summed E-state index contributed by atoms with van der Waals surface area (Å²) in [7, 11) is 0. The summed E-state index contributed by atoms with van der Waals surface area (Å²) in [5.74, 6) is 0. The molecule has 1 radical (unpaired) electrons. The van der Waals surface area contributed by atoms with Gasteiger partial charge >= 0.3 is 64.3 Å². The van der Waals surface area contributed by atoms with Gasteiger partial charge in [-0.2, -0.15) is 0 Å². The molecule has 0 bridgehead atoms. The van der Waals surface area contributed by atoms with Crippen LogP contribution in [-0.4, -0.2) is 72.8 Å². The van der Waals surface area contributed by atoms with Crippen molar-refractivity contribution in [3.05, 3.63) is 0 Å². The Morgan fingerprint density at radius 3 is 1.00 bits per heavy atom. The van der Waals surface area contributed by atoms with Crippen LogP contribution in [0.2, 0.25) is 0 Å². The van der Waals surface area contributed by atoms with Crippen molar-refractivity contribution < 1.29 is 16.8 Å². The standard InChI is InChI=1S/BH3.Co.Li.Sr.3H/h1H3;;;;;;. The molecule has 0 fully saturated rings. The zero-order valence-corrected chi connectivity index (χ0v) is 1.37. The zero-order chi connectivity index (χ0) is 0. The van der Waals surface area contributed by atoms with Crippen molar-refractivity contribution in [3.8, 4) is 0 Å². The maximum atomic E-state index is 0. The van der Waals surface area contributed by atoms with Crippen LogP contribution >= 0.6 is 0 Å². The minimum atomic E-state index is 0. The van der Waals surface area contributed by atoms with E-state index in [1.807, 2.05) is 0 Å². The summed E-state index contributed by atoms with van der Waals surface area (Å²) in [6.45, 7) is 0. The predicted molar refractivity (Wildman–Crippen MR) is 25.6 cm³/mol. The van der Waals surface area contributed by atoms with Crippen molar-refractivity contribution in [2.75, 3.05) is 0 Å². The Hall–Kier alpha value is 2.65. The molecular formula is H6BCoLiSr. The summed E-state index contributed by atoms with van der Waals surface area (Å²) in [6.07, 6.45) is 0. The van der Waals surface area contributed by atoms with Gasteiger partial charge in [0.05, 0.1) is 8.41 Å². The fraction of sp³-hybridized carbons (Fsp3) is 0. The predicted octanol–water partition coefficient (Wildman–Crippen LogP) is -2.75. The third kappa shape index (κ3) is 8.82. The van der Waals surface area contributed by atoms with Crippen LogP contribution in [-0.2, 0) is 16.8 Å². The molecule has 0 saturated carbocycles. The van der Waals surface area contributed by atoms with Crippen LogP contribution in [0.15, 0.2) is 0 Å². The van der Waals surface area contributed by atoms with Crippen LogP contribution in [0.4, 0.5) is 0 Å². The number of rotatable bonds is 0. The van der Waals surface area contributed by atoms with Crippen LogP contribution in [0.25, 0.3) is 0 Å². The van der Waals surface area contributed by atoms with E-state index >= 15 is 0 Å². The topological polar surface area (TPSA) is 0 Å². The summed E-state index contributed by atoms with van der Waals surface area (Å²) in [5.41, 5.74) is 0. The Bertz CT molecular complexity index is 8.00. The van der Waals surface area contributed by atoms with Crippen LogP contribution in [0.3, 0.4) is 0 Å². The first kappa shape index (κ1) is 30.2. The van der Waals surface area contributed by atoms with E-state index in [9.17, 15) is 0 Å². The van der Waals surface area contributed by atoms with E-state index in [-0.39, 0.29) is 89.5 Å². The van der Waals surface area contributed by atoms with Gasteiger partial charge in [-0.1, -0.05) is 0 Å². The fourth-order valence-electron chi connectivity index (χ4n) is 0. The first-order chi connectivity index (χ1) is 0. The van der Waals surface area contributed by atoms with E-state index in [0.29, 0.717) is 0 Å². The van der Waals surface area contributed by atoms with Crippen LogP contribution < -0.4 is 0 Å². The molecule has 0 aliphatic carbocycles. The second kappa shape index (κ2) is 17.4. The summed E-state index contributed by atoms with van der Waals surface area (Å²) >= 11 is 0. The second-order valence-corrected chi connectivity index (χ2v) is 0. The van der Waals surface area contributed by atoms with Crippen molar-refractivity contribution in [1.82, 2.24) is 0 Å². The van der Waals surface area contributed by atoms with Crippen molar-refractivity contribution in [2.45, 2.75) is 0 Å². The van der Waals surface area contributed by atoms with Gasteiger partial charge in [-0.25, -0.2) is 0 Å². The van der Waals surface area contributed by atoms with Gasteiger partial charge in [-0.15, -0.1) is 0 Å². The molecule has 0 aromatic carbocycles. The molecule has 0 aliphatic rings. The van der Waals surface area contributed by atoms with Crippen molar-refractivity contribution >= 4 is 72.8 Å². The van der Waals surface area contributed by atoms with Crippen LogP contribution in [0.5, 0.6) is 0 Å². The molecule has 0 saturated heterocycles. The monoisotopic (exact) mass is 171 g/mol. The minimum absolute atomic E-state index is 0. The SMILES string of the molecule is B.[Co].[LiH].[SrH2]. The number of hydrogen-bond acceptors (Lipinski definition) is 0. The normalized spacial score (nSPS) is 0. The summed E-state index contributed by atoms with van der Waals surface area (Å²) in [5, 5.41) is 0. The molecule has 0 atom stereocenters. The van der Waals surface area contributed by atoms with Crippen LogP contribution in [0, 0.1) is 0 Å². The zero-order valence-electron chi connectivity index (χ0n) is 0.333. The van der Waals surface area contributed by atoms with Gasteiger partial charge in [-0.3, -0.25) is 0 Å². The van der Waals surface area contributed by atoms with Crippen molar-refractivity contribution in [2.24, 2.45) is 0 Å². The molecule has 0 aliphatic heterocycles. The summed E-state index contributed by atoms with van der Waals surface area (Å²) in [6, 6.07) is 0. The molecule has 0 amide bonds. The van der Waals surface area contributed by atoms with Gasteiger partial charge < -0.3 is 0 Å². The van der Waals surface area contributed by atoms with Crippen molar-refractivity contribution in [1.29, 1.82) is 0 Å². The molecule has 0 nitrogen and oxygen atoms in total. The molecule has 0 aromatic rings. The molecule has 4 heteroatoms. The van der Waals surface area contributed by atoms with Crippen LogP contribution in [0.1, 0.15) is 0 Å². The van der Waals surface area contributed by atoms with Crippen molar-refractivity contribution in [3.63, 3.8) is 0 Å². The molecule has 0 rings (SSSR count). The van der Waals surface area contributed by atoms with Gasteiger partial charge in [0, 0.05) is 16.8 Å². The quantitative estimate of drug-likeness (QED) is 0.346. The van der Waals surface area contributed by atoms with Gasteiger partial charge in [0.1, 0.15) is 0 Å². The Labute approximate surface area is 87.7 Å². The molecule has 0 heterocycles. The maximum absolute atomic E-state index is 0. The first-order valence-corrected chi connectivity index (χ1v) is 0. The van der Waals surface area contributed by atoms with E-state index in [1.54, 1.807) is 0 Å². The molecule has 0 unspecified atom stereocenters. The average molecular weight is 170 g/mol. The molecule has 4 heavy (non-hydrogen) atoms. The Kier molecular flexibility index (Phi) is 132. The van der Waals surface area contributed by atoms with E-state index < -0.39 is 0 Å². The first-order valence-electron chi connectivity index (χ1n) is 0. The van der Waals surface area contributed by atoms with Gasteiger partial charge in [0.15, 0.2) is 0 Å². The van der Waals surface area contributed by atoms with E-state index in [1.165, 1.54) is 0 Å². The third-order valence-electron chi connectivity index (χ3n) is 0. The Morgan fingerprint density at radius 1 is 1.00 bits per heavy atom. The summed E-state index contributed by atoms with van der Waals surface area (Å²) < 4.78 is 0. The van der Waals surface area contributed by atoms with E-state index in [2.05, 4.69) is 0 Å². The Morgan fingerprint density at radius 2 is 1.00 bits per heavy atom. The molecule has 21 valence electrons. The molecule has 0 spiro atoms. The van der Waals surface area contributed by atoms with E-state index in [4.69, 9.17) is 0 Å². The summed E-state index contributed by atoms with van der Waals surface area (Å²) in [4.78, 5) is 0. The Balaban J connectivity index is 0. The number of hydrogen-bond donors (Lipinski definition) is 0. The molecule has 0 aromatic heterocycles. The third-order valence-corrected chi connectivity index (χ3v) is 0. The second-order valence-electron chi connectivity index (χ2n) is 0.